The number of aromatic amines is 1. The number of fused-ring (bicyclic) bond motifs is 1. The molecule has 0 aliphatic carbocycles. The first kappa shape index (κ1) is 13.2. The van der Waals surface area contributed by atoms with Gasteiger partial charge in [-0.3, -0.25) is 9.78 Å². The number of aromatic nitrogens is 2. The van der Waals surface area contributed by atoms with E-state index < -0.39 is 0 Å². The first-order valence-electron chi connectivity index (χ1n) is 6.71. The zero-order valence-corrected chi connectivity index (χ0v) is 11.7. The first-order chi connectivity index (χ1) is 10.1. The number of amides is 1. The highest BCUT2D eigenvalue weighted by molar-refractivity contribution is 6.00. The molecule has 5 heteroatoms. The van der Waals surface area contributed by atoms with Crippen LogP contribution in [0.2, 0.25) is 0 Å². The van der Waals surface area contributed by atoms with Crippen LogP contribution < -0.4 is 11.1 Å². The van der Waals surface area contributed by atoms with Gasteiger partial charge in [-0.15, -0.1) is 0 Å². The summed E-state index contributed by atoms with van der Waals surface area (Å²) in [6.07, 6.45) is 1.72. The number of anilines is 1. The summed E-state index contributed by atoms with van der Waals surface area (Å²) in [5, 5.41) is 3.79. The molecular formula is C16H16N4O. The van der Waals surface area contributed by atoms with E-state index in [9.17, 15) is 4.79 Å². The van der Waals surface area contributed by atoms with Gasteiger partial charge in [-0.25, -0.2) is 0 Å². The standard InChI is InChI=1S/C16H16N4O/c1-10-4-3-7-18-14(10)9-19-16(21)13-8-11-5-2-6-12(17)15(11)20-13/h2-8,20H,9,17H2,1H3,(H,19,21). The largest absolute Gasteiger partial charge is 0.397 e. The van der Waals surface area contributed by atoms with Crippen molar-refractivity contribution < 1.29 is 4.79 Å². The minimum Gasteiger partial charge on any atom is -0.397 e. The third-order valence-electron chi connectivity index (χ3n) is 3.47. The number of nitrogens with two attached hydrogens (primary N) is 1. The maximum Gasteiger partial charge on any atom is 0.268 e. The van der Waals surface area contributed by atoms with Crippen LogP contribution in [0.25, 0.3) is 10.9 Å². The third-order valence-corrected chi connectivity index (χ3v) is 3.47. The molecule has 5 nitrogen and oxygen atoms in total. The second-order valence-corrected chi connectivity index (χ2v) is 4.94. The minimum absolute atomic E-state index is 0.171. The number of nitrogens with zero attached hydrogens (tertiary/aromatic N) is 1. The van der Waals surface area contributed by atoms with Crippen molar-refractivity contribution in [1.29, 1.82) is 0 Å². The second-order valence-electron chi connectivity index (χ2n) is 4.94. The van der Waals surface area contributed by atoms with Crippen molar-refractivity contribution in [3.63, 3.8) is 0 Å². The lowest BCUT2D eigenvalue weighted by atomic mass is 10.2. The Morgan fingerprint density at radius 2 is 2.19 bits per heavy atom. The second kappa shape index (κ2) is 5.28. The van der Waals surface area contributed by atoms with Crippen LogP contribution in [0.1, 0.15) is 21.7 Å². The summed E-state index contributed by atoms with van der Waals surface area (Å²) in [6.45, 7) is 2.37. The van der Waals surface area contributed by atoms with E-state index in [0.29, 0.717) is 17.9 Å². The molecular weight excluding hydrogens is 264 g/mol. The summed E-state index contributed by atoms with van der Waals surface area (Å²) < 4.78 is 0. The van der Waals surface area contributed by atoms with Crippen LogP contribution in [-0.2, 0) is 6.54 Å². The highest BCUT2D eigenvalue weighted by atomic mass is 16.1. The molecule has 0 spiro atoms. The molecule has 3 rings (SSSR count). The highest BCUT2D eigenvalue weighted by Gasteiger charge is 2.11. The topological polar surface area (TPSA) is 83.8 Å². The maximum absolute atomic E-state index is 12.2. The fraction of sp³-hybridized carbons (Fsp3) is 0.125. The molecule has 3 aromatic rings. The van der Waals surface area contributed by atoms with Gasteiger partial charge in [0.05, 0.1) is 23.4 Å². The number of H-pyrrole nitrogens is 1. The van der Waals surface area contributed by atoms with E-state index in [1.54, 1.807) is 18.3 Å². The van der Waals surface area contributed by atoms with Gasteiger partial charge in [0.25, 0.3) is 5.91 Å². The van der Waals surface area contributed by atoms with Crippen LogP contribution in [0.5, 0.6) is 0 Å². The Balaban J connectivity index is 1.78. The number of nitrogen functional groups attached to an aromatic ring is 1. The number of pyridine rings is 1. The third kappa shape index (κ3) is 2.58. The lowest BCUT2D eigenvalue weighted by Crippen LogP contribution is -2.24. The molecule has 0 aliphatic rings. The smallest absolute Gasteiger partial charge is 0.268 e. The van der Waals surface area contributed by atoms with Crippen molar-refractivity contribution in [2.75, 3.05) is 5.73 Å². The predicted molar refractivity (Wildman–Crippen MR) is 82.9 cm³/mol. The summed E-state index contributed by atoms with van der Waals surface area (Å²) in [4.78, 5) is 19.5. The summed E-state index contributed by atoms with van der Waals surface area (Å²) in [5.41, 5.74) is 9.72. The molecule has 0 bridgehead atoms. The molecule has 21 heavy (non-hydrogen) atoms. The van der Waals surface area contributed by atoms with Crippen molar-refractivity contribution >= 4 is 22.5 Å². The monoisotopic (exact) mass is 280 g/mol. The van der Waals surface area contributed by atoms with Crippen molar-refractivity contribution in [2.24, 2.45) is 0 Å². The number of carbonyl (C=O) groups excluding carboxylic acids is 1. The molecule has 1 amide bonds. The van der Waals surface area contributed by atoms with E-state index >= 15 is 0 Å². The Morgan fingerprint density at radius 1 is 1.33 bits per heavy atom. The van der Waals surface area contributed by atoms with E-state index in [1.165, 1.54) is 0 Å². The summed E-state index contributed by atoms with van der Waals surface area (Å²) in [7, 11) is 0. The normalized spacial score (nSPS) is 10.7. The van der Waals surface area contributed by atoms with Crippen LogP contribution in [0.15, 0.2) is 42.6 Å². The average Bonchev–Trinajstić information content (AvgIpc) is 2.92. The van der Waals surface area contributed by atoms with Gasteiger partial charge < -0.3 is 16.0 Å². The molecule has 0 unspecified atom stereocenters. The number of carbonyl (C=O) groups is 1. The SMILES string of the molecule is Cc1cccnc1CNC(=O)c1cc2cccc(N)c2[nH]1. The van der Waals surface area contributed by atoms with Gasteiger partial charge in [0, 0.05) is 11.6 Å². The number of hydrogen-bond acceptors (Lipinski definition) is 3. The van der Waals surface area contributed by atoms with Gasteiger partial charge >= 0.3 is 0 Å². The van der Waals surface area contributed by atoms with E-state index in [2.05, 4.69) is 15.3 Å². The Morgan fingerprint density at radius 3 is 2.95 bits per heavy atom. The van der Waals surface area contributed by atoms with Gasteiger partial charge in [-0.1, -0.05) is 18.2 Å². The molecule has 1 aromatic carbocycles. The van der Waals surface area contributed by atoms with Crippen LogP contribution in [0, 0.1) is 6.92 Å². The van der Waals surface area contributed by atoms with E-state index in [4.69, 9.17) is 5.73 Å². The Kier molecular flexibility index (Phi) is 3.31. The molecule has 0 saturated heterocycles. The molecule has 0 aliphatic heterocycles. The highest BCUT2D eigenvalue weighted by Crippen LogP contribution is 2.21. The zero-order chi connectivity index (χ0) is 14.8. The van der Waals surface area contributed by atoms with Gasteiger partial charge in [0.2, 0.25) is 0 Å². The lowest BCUT2D eigenvalue weighted by Gasteiger charge is -2.05. The number of hydrogen-bond donors (Lipinski definition) is 3. The van der Waals surface area contributed by atoms with E-state index in [1.807, 2.05) is 31.2 Å². The quantitative estimate of drug-likeness (QED) is 0.644. The summed E-state index contributed by atoms with van der Waals surface area (Å²) in [5.74, 6) is -0.171. The first-order valence-corrected chi connectivity index (χ1v) is 6.71. The summed E-state index contributed by atoms with van der Waals surface area (Å²) in [6, 6.07) is 11.2. The van der Waals surface area contributed by atoms with Crippen molar-refractivity contribution in [3.05, 3.63) is 59.5 Å². The van der Waals surface area contributed by atoms with Gasteiger partial charge in [-0.05, 0) is 30.7 Å². The van der Waals surface area contributed by atoms with E-state index in [-0.39, 0.29) is 5.91 Å². The van der Waals surface area contributed by atoms with Gasteiger partial charge in [0.1, 0.15) is 5.69 Å². The van der Waals surface area contributed by atoms with E-state index in [0.717, 1.165) is 22.2 Å². The number of para-hydroxylation sites is 1. The Labute approximate surface area is 122 Å². The molecule has 106 valence electrons. The van der Waals surface area contributed by atoms with Crippen LogP contribution in [-0.4, -0.2) is 15.9 Å². The maximum atomic E-state index is 12.2. The Bertz CT molecular complexity index is 807. The van der Waals surface area contributed by atoms with Crippen molar-refractivity contribution in [1.82, 2.24) is 15.3 Å². The zero-order valence-electron chi connectivity index (χ0n) is 11.7. The number of benzene rings is 1. The lowest BCUT2D eigenvalue weighted by molar-refractivity contribution is 0.0946. The number of nitrogens with one attached hydrogen (secondary N) is 2. The van der Waals surface area contributed by atoms with Crippen LogP contribution >= 0.6 is 0 Å². The number of rotatable bonds is 3. The molecule has 2 aromatic heterocycles. The van der Waals surface area contributed by atoms with Crippen LogP contribution in [0.4, 0.5) is 5.69 Å². The Hall–Kier alpha value is -2.82. The van der Waals surface area contributed by atoms with Crippen LogP contribution in [0.3, 0.4) is 0 Å². The average molecular weight is 280 g/mol. The molecule has 0 saturated carbocycles. The fourth-order valence-electron chi connectivity index (χ4n) is 2.26. The molecule has 4 N–H and O–H groups in total. The molecule has 0 radical (unpaired) electrons. The minimum atomic E-state index is -0.171. The predicted octanol–water partition coefficient (Wildman–Crippen LogP) is 2.38. The number of aryl methyl sites for hydroxylation is 1. The fourth-order valence-corrected chi connectivity index (χ4v) is 2.26. The summed E-state index contributed by atoms with van der Waals surface area (Å²) >= 11 is 0. The van der Waals surface area contributed by atoms with Crippen molar-refractivity contribution in [3.8, 4) is 0 Å². The van der Waals surface area contributed by atoms with Crippen molar-refractivity contribution in [2.45, 2.75) is 13.5 Å². The molecule has 0 fully saturated rings. The molecule has 2 heterocycles. The van der Waals surface area contributed by atoms with Gasteiger partial charge in [-0.2, -0.15) is 0 Å². The molecule has 0 atom stereocenters. The van der Waals surface area contributed by atoms with Gasteiger partial charge in [0.15, 0.2) is 0 Å².